The Kier molecular flexibility index (Phi) is 4.98. The number of anilines is 1. The summed E-state index contributed by atoms with van der Waals surface area (Å²) in [7, 11) is -7.39. The quantitative estimate of drug-likeness (QED) is 0.688. The fraction of sp³-hybridized carbons (Fsp3) is 0.350. The summed E-state index contributed by atoms with van der Waals surface area (Å²) >= 11 is 0. The number of carbonyl (C=O) groups excluding carboxylic acids is 1. The molecule has 0 N–H and O–H groups in total. The highest BCUT2D eigenvalue weighted by atomic mass is 32.2. The van der Waals surface area contributed by atoms with E-state index >= 15 is 0 Å². The molecule has 2 aromatic rings. The van der Waals surface area contributed by atoms with E-state index in [0.717, 1.165) is 36.6 Å². The SMILES string of the molecule is O=C(c1cc(S(=O)(=O)C2CCS(=O)(=O)C2)ccc1F)N1CCCc2ccccc21. The first-order valence-electron chi connectivity index (χ1n) is 9.33. The number of sulfone groups is 2. The highest BCUT2D eigenvalue weighted by Crippen LogP contribution is 2.30. The molecular formula is C20H20FNO5S2. The maximum Gasteiger partial charge on any atom is 0.261 e. The van der Waals surface area contributed by atoms with E-state index in [-0.39, 0.29) is 22.6 Å². The minimum Gasteiger partial charge on any atom is -0.308 e. The molecule has 0 spiro atoms. The molecule has 0 aromatic heterocycles. The van der Waals surface area contributed by atoms with E-state index in [1.165, 1.54) is 4.90 Å². The van der Waals surface area contributed by atoms with Crippen molar-refractivity contribution in [2.75, 3.05) is 23.0 Å². The molecule has 1 atom stereocenters. The number of halogens is 1. The Labute approximate surface area is 169 Å². The number of carbonyl (C=O) groups is 1. The van der Waals surface area contributed by atoms with E-state index in [4.69, 9.17) is 0 Å². The predicted octanol–water partition coefficient (Wildman–Crippen LogP) is 2.38. The van der Waals surface area contributed by atoms with Gasteiger partial charge in [0, 0.05) is 12.2 Å². The lowest BCUT2D eigenvalue weighted by molar-refractivity contribution is 0.0981. The lowest BCUT2D eigenvalue weighted by Gasteiger charge is -2.29. The molecule has 1 unspecified atom stereocenters. The van der Waals surface area contributed by atoms with E-state index in [2.05, 4.69) is 0 Å². The van der Waals surface area contributed by atoms with Gasteiger partial charge >= 0.3 is 0 Å². The van der Waals surface area contributed by atoms with Gasteiger partial charge in [0.2, 0.25) is 0 Å². The normalized spacial score (nSPS) is 21.0. The zero-order valence-electron chi connectivity index (χ0n) is 15.5. The van der Waals surface area contributed by atoms with Crippen LogP contribution in [0.4, 0.5) is 10.1 Å². The molecule has 29 heavy (non-hydrogen) atoms. The van der Waals surface area contributed by atoms with Gasteiger partial charge in [-0.2, -0.15) is 0 Å². The summed E-state index contributed by atoms with van der Waals surface area (Å²) in [6.07, 6.45) is 1.54. The number of benzene rings is 2. The van der Waals surface area contributed by atoms with Crippen LogP contribution in [0.2, 0.25) is 0 Å². The van der Waals surface area contributed by atoms with Crippen LogP contribution >= 0.6 is 0 Å². The molecule has 1 fully saturated rings. The van der Waals surface area contributed by atoms with Crippen LogP contribution < -0.4 is 4.90 Å². The number of fused-ring (bicyclic) bond motifs is 1. The summed E-state index contributed by atoms with van der Waals surface area (Å²) in [6, 6.07) is 10.4. The standard InChI is InChI=1S/C20H20FNO5S2/c21-18-8-7-15(29(26,27)16-9-11-28(24,25)13-16)12-17(18)20(23)22-10-3-5-14-4-1-2-6-19(14)22/h1-2,4,6-8,12,16H,3,5,9-11,13H2. The van der Waals surface area contributed by atoms with Crippen LogP contribution in [0.25, 0.3) is 0 Å². The van der Waals surface area contributed by atoms with Gasteiger partial charge in [-0.25, -0.2) is 21.2 Å². The molecule has 1 amide bonds. The van der Waals surface area contributed by atoms with Crippen molar-refractivity contribution in [3.63, 3.8) is 0 Å². The number of hydrogen-bond donors (Lipinski definition) is 0. The van der Waals surface area contributed by atoms with Crippen LogP contribution in [0.3, 0.4) is 0 Å². The highest BCUT2D eigenvalue weighted by Gasteiger charge is 2.38. The fourth-order valence-electron chi connectivity index (χ4n) is 3.93. The molecule has 2 aliphatic heterocycles. The zero-order valence-corrected chi connectivity index (χ0v) is 17.2. The number of nitrogens with zero attached hydrogens (tertiary/aromatic N) is 1. The first-order valence-corrected chi connectivity index (χ1v) is 12.7. The molecule has 0 aliphatic carbocycles. The number of aryl methyl sites for hydroxylation is 1. The molecule has 0 radical (unpaired) electrons. The highest BCUT2D eigenvalue weighted by molar-refractivity contribution is 7.96. The number of amides is 1. The van der Waals surface area contributed by atoms with Gasteiger partial charge in [-0.1, -0.05) is 18.2 Å². The summed E-state index contributed by atoms with van der Waals surface area (Å²) in [5, 5.41) is -1.07. The number of rotatable bonds is 3. The number of para-hydroxylation sites is 1. The third-order valence-corrected chi connectivity index (χ3v) is 9.65. The fourth-order valence-corrected chi connectivity index (χ4v) is 8.32. The molecule has 2 aromatic carbocycles. The first kappa shape index (κ1) is 20.0. The summed E-state index contributed by atoms with van der Waals surface area (Å²) in [5.74, 6) is -2.05. The second kappa shape index (κ2) is 7.21. The predicted molar refractivity (Wildman–Crippen MR) is 107 cm³/mol. The van der Waals surface area contributed by atoms with E-state index in [0.29, 0.717) is 12.2 Å². The van der Waals surface area contributed by atoms with Crippen LogP contribution in [-0.4, -0.2) is 46.0 Å². The van der Waals surface area contributed by atoms with Gasteiger partial charge in [0.25, 0.3) is 5.91 Å². The van der Waals surface area contributed by atoms with Crippen molar-refractivity contribution in [3.8, 4) is 0 Å². The van der Waals surface area contributed by atoms with Gasteiger partial charge in [0.05, 0.1) is 27.2 Å². The van der Waals surface area contributed by atoms with Crippen LogP contribution in [0.15, 0.2) is 47.4 Å². The molecule has 1 saturated heterocycles. The summed E-state index contributed by atoms with van der Waals surface area (Å²) < 4.78 is 63.6. The van der Waals surface area contributed by atoms with Gasteiger partial charge in [0.1, 0.15) is 5.82 Å². The second-order valence-corrected chi connectivity index (χ2v) is 11.9. The van der Waals surface area contributed by atoms with E-state index < -0.39 is 42.4 Å². The average Bonchev–Trinajstić information content (AvgIpc) is 3.08. The monoisotopic (exact) mass is 437 g/mol. The summed E-state index contributed by atoms with van der Waals surface area (Å²) in [5.41, 5.74) is 1.34. The van der Waals surface area contributed by atoms with E-state index in [1.807, 2.05) is 12.1 Å². The Hall–Kier alpha value is -2.26. The molecule has 154 valence electrons. The van der Waals surface area contributed by atoms with Crippen molar-refractivity contribution in [1.82, 2.24) is 0 Å². The molecule has 2 aliphatic rings. The average molecular weight is 438 g/mol. The molecular weight excluding hydrogens is 417 g/mol. The maximum absolute atomic E-state index is 14.5. The molecule has 0 saturated carbocycles. The van der Waals surface area contributed by atoms with Crippen LogP contribution in [0.5, 0.6) is 0 Å². The lowest BCUT2D eigenvalue weighted by Crippen LogP contribution is -2.36. The van der Waals surface area contributed by atoms with E-state index in [9.17, 15) is 26.0 Å². The van der Waals surface area contributed by atoms with Gasteiger partial charge < -0.3 is 4.90 Å². The first-order chi connectivity index (χ1) is 13.7. The van der Waals surface area contributed by atoms with Crippen molar-refractivity contribution >= 4 is 31.3 Å². The largest absolute Gasteiger partial charge is 0.308 e. The van der Waals surface area contributed by atoms with Crippen molar-refractivity contribution < 1.29 is 26.0 Å². The van der Waals surface area contributed by atoms with Crippen molar-refractivity contribution in [1.29, 1.82) is 0 Å². The second-order valence-electron chi connectivity index (χ2n) is 7.40. The van der Waals surface area contributed by atoms with Crippen molar-refractivity contribution in [2.24, 2.45) is 0 Å². The van der Waals surface area contributed by atoms with E-state index in [1.54, 1.807) is 12.1 Å². The molecule has 4 rings (SSSR count). The molecule has 6 nitrogen and oxygen atoms in total. The summed E-state index contributed by atoms with van der Waals surface area (Å²) in [6.45, 7) is 0.410. The summed E-state index contributed by atoms with van der Waals surface area (Å²) in [4.78, 5) is 14.3. The van der Waals surface area contributed by atoms with Crippen molar-refractivity contribution in [3.05, 3.63) is 59.4 Å². The Balaban J connectivity index is 1.71. The molecule has 0 bridgehead atoms. The van der Waals surface area contributed by atoms with Gasteiger partial charge in [-0.3, -0.25) is 4.79 Å². The minimum atomic E-state index is -3.99. The number of hydrogen-bond acceptors (Lipinski definition) is 5. The van der Waals surface area contributed by atoms with Gasteiger partial charge in [-0.05, 0) is 49.1 Å². The van der Waals surface area contributed by atoms with Crippen molar-refractivity contribution in [2.45, 2.75) is 29.4 Å². The third-order valence-electron chi connectivity index (χ3n) is 5.48. The Morgan fingerprint density at radius 2 is 1.90 bits per heavy atom. The van der Waals surface area contributed by atoms with Gasteiger partial charge in [0.15, 0.2) is 19.7 Å². The minimum absolute atomic E-state index is 0.00478. The molecule has 9 heteroatoms. The zero-order chi connectivity index (χ0) is 20.8. The topological polar surface area (TPSA) is 88.6 Å². The smallest absolute Gasteiger partial charge is 0.261 e. The lowest BCUT2D eigenvalue weighted by atomic mass is 10.0. The third kappa shape index (κ3) is 3.69. The van der Waals surface area contributed by atoms with Crippen LogP contribution in [-0.2, 0) is 26.1 Å². The Bertz CT molecular complexity index is 1190. The molecule has 2 heterocycles. The van der Waals surface area contributed by atoms with Crippen LogP contribution in [0.1, 0.15) is 28.8 Å². The van der Waals surface area contributed by atoms with Gasteiger partial charge in [-0.15, -0.1) is 0 Å². The van der Waals surface area contributed by atoms with Crippen LogP contribution in [0, 0.1) is 5.82 Å². The Morgan fingerprint density at radius 3 is 2.62 bits per heavy atom. The maximum atomic E-state index is 14.5. The Morgan fingerprint density at radius 1 is 1.14 bits per heavy atom.